The zero-order valence-electron chi connectivity index (χ0n) is 16.4. The van der Waals surface area contributed by atoms with Crippen molar-refractivity contribution in [1.29, 1.82) is 0 Å². The summed E-state index contributed by atoms with van der Waals surface area (Å²) in [4.78, 5) is 19.4. The van der Waals surface area contributed by atoms with Crippen LogP contribution in [0, 0.1) is 11.8 Å². The maximum atomic E-state index is 13.0. The molecule has 2 aliphatic rings. The number of hydrogen-bond acceptors (Lipinski definition) is 5. The summed E-state index contributed by atoms with van der Waals surface area (Å²) < 4.78 is 44.7. The summed E-state index contributed by atoms with van der Waals surface area (Å²) in [5.74, 6) is 1.49. The molecule has 31 heavy (non-hydrogen) atoms. The van der Waals surface area contributed by atoms with E-state index in [0.29, 0.717) is 30.6 Å². The number of pyridine rings is 1. The number of halogens is 3. The predicted molar refractivity (Wildman–Crippen MR) is 111 cm³/mol. The molecule has 0 aromatic carbocycles. The summed E-state index contributed by atoms with van der Waals surface area (Å²) in [5, 5.41) is 5.02. The third-order valence-electron chi connectivity index (χ3n) is 6.12. The molecule has 2 fully saturated rings. The van der Waals surface area contributed by atoms with Gasteiger partial charge in [0.1, 0.15) is 17.3 Å². The number of carbonyl (C=O) groups excluding carboxylic acids is 1. The monoisotopic (exact) mass is 447 g/mol. The zero-order valence-corrected chi connectivity index (χ0v) is 17.2. The minimum atomic E-state index is -4.47. The second-order valence-corrected chi connectivity index (χ2v) is 8.95. The number of carbonyl (C=O) groups is 1. The van der Waals surface area contributed by atoms with E-state index in [9.17, 15) is 18.0 Å². The highest BCUT2D eigenvalue weighted by Crippen LogP contribution is 2.40. The van der Waals surface area contributed by atoms with Gasteiger partial charge in [-0.1, -0.05) is 12.1 Å². The van der Waals surface area contributed by atoms with Crippen LogP contribution in [-0.4, -0.2) is 30.0 Å². The average molecular weight is 447 g/mol. The van der Waals surface area contributed by atoms with E-state index in [1.807, 2.05) is 22.4 Å². The highest BCUT2D eigenvalue weighted by atomic mass is 32.1. The zero-order chi connectivity index (χ0) is 21.6. The maximum Gasteiger partial charge on any atom is 0.433 e. The molecule has 1 saturated carbocycles. The smallest absolute Gasteiger partial charge is 0.433 e. The molecule has 0 unspecified atom stereocenters. The van der Waals surface area contributed by atoms with Crippen molar-refractivity contribution in [2.75, 3.05) is 18.0 Å². The molecule has 162 valence electrons. The van der Waals surface area contributed by atoms with Gasteiger partial charge in [0, 0.05) is 25.0 Å². The fourth-order valence-corrected chi connectivity index (χ4v) is 5.33. The highest BCUT2D eigenvalue weighted by molar-refractivity contribution is 7.13. The summed E-state index contributed by atoms with van der Waals surface area (Å²) in [7, 11) is 0. The quantitative estimate of drug-likeness (QED) is 0.607. The van der Waals surface area contributed by atoms with Gasteiger partial charge in [-0.3, -0.25) is 4.79 Å². The first-order chi connectivity index (χ1) is 14.9. The molecular formula is C22H20F3N3O2S. The van der Waals surface area contributed by atoms with Gasteiger partial charge in [-0.05, 0) is 54.5 Å². The molecule has 1 N–H and O–H groups in total. The molecule has 1 saturated heterocycles. The van der Waals surface area contributed by atoms with Gasteiger partial charge in [0.25, 0.3) is 5.91 Å². The van der Waals surface area contributed by atoms with Crippen LogP contribution in [0.5, 0.6) is 0 Å². The number of nitrogens with one attached hydrogen (secondary N) is 1. The lowest BCUT2D eigenvalue weighted by Crippen LogP contribution is -2.39. The molecule has 5 rings (SSSR count). The first kappa shape index (κ1) is 20.1. The predicted octanol–water partition coefficient (Wildman–Crippen LogP) is 5.07. The number of alkyl halides is 3. The van der Waals surface area contributed by atoms with E-state index in [-0.39, 0.29) is 23.6 Å². The van der Waals surface area contributed by atoms with Crippen LogP contribution in [0.15, 0.2) is 52.3 Å². The molecule has 3 aromatic rings. The van der Waals surface area contributed by atoms with Gasteiger partial charge < -0.3 is 14.6 Å². The van der Waals surface area contributed by atoms with Gasteiger partial charge in [-0.15, -0.1) is 11.3 Å². The second kappa shape index (κ2) is 7.71. The van der Waals surface area contributed by atoms with Gasteiger partial charge in [0.2, 0.25) is 0 Å². The summed E-state index contributed by atoms with van der Waals surface area (Å²) in [6.45, 7) is 1.22. The minimum absolute atomic E-state index is 0.0383. The Labute approximate surface area is 180 Å². The molecule has 3 aromatic heterocycles. The topological polar surface area (TPSA) is 58.4 Å². The molecule has 1 aliphatic carbocycles. The lowest BCUT2D eigenvalue weighted by atomic mass is 9.98. The molecule has 0 radical (unpaired) electrons. The Hall–Kier alpha value is -2.81. The third kappa shape index (κ3) is 3.94. The van der Waals surface area contributed by atoms with Crippen molar-refractivity contribution in [2.24, 2.45) is 11.8 Å². The van der Waals surface area contributed by atoms with Crippen LogP contribution in [-0.2, 0) is 6.18 Å². The molecule has 9 heteroatoms. The highest BCUT2D eigenvalue weighted by Gasteiger charge is 2.44. The Bertz CT molecular complexity index is 1080. The Kier molecular flexibility index (Phi) is 5.00. The van der Waals surface area contributed by atoms with E-state index in [1.54, 1.807) is 18.2 Å². The number of thiophene rings is 1. The van der Waals surface area contributed by atoms with Crippen molar-refractivity contribution in [2.45, 2.75) is 25.1 Å². The van der Waals surface area contributed by atoms with Gasteiger partial charge in [-0.25, -0.2) is 4.98 Å². The Morgan fingerprint density at radius 2 is 2.00 bits per heavy atom. The summed E-state index contributed by atoms with van der Waals surface area (Å²) >= 11 is 1.54. The molecule has 3 atom stereocenters. The van der Waals surface area contributed by atoms with Gasteiger partial charge in [0.05, 0.1) is 4.88 Å². The van der Waals surface area contributed by atoms with E-state index < -0.39 is 11.9 Å². The SMILES string of the molecule is O=C(N[C@H]1CC[C@@H]2CN(c3cccc(C(F)(F)F)n3)C[C@@H]21)c1ccc(-c2cccs2)o1. The molecule has 1 amide bonds. The Morgan fingerprint density at radius 3 is 2.77 bits per heavy atom. The van der Waals surface area contributed by atoms with Crippen LogP contribution in [0.2, 0.25) is 0 Å². The number of fused-ring (bicyclic) bond motifs is 1. The number of nitrogens with zero attached hydrogens (tertiary/aromatic N) is 2. The molecule has 0 bridgehead atoms. The third-order valence-corrected chi connectivity index (χ3v) is 7.00. The number of amides is 1. The lowest BCUT2D eigenvalue weighted by Gasteiger charge is -2.22. The van der Waals surface area contributed by atoms with Crippen LogP contribution in [0.25, 0.3) is 10.6 Å². The molecule has 4 heterocycles. The standard InChI is InChI=1S/C22H20F3N3O2S/c23-22(24,25)19-4-1-5-20(27-19)28-11-13-6-7-15(14(13)12-28)26-21(29)17-9-8-16(30-17)18-3-2-10-31-18/h1-5,8-10,13-15H,6-7,11-12H2,(H,26,29)/t13-,14+,15+/m1/s1. The number of furan rings is 1. The largest absolute Gasteiger partial charge is 0.450 e. The van der Waals surface area contributed by atoms with Crippen molar-refractivity contribution in [3.63, 3.8) is 0 Å². The van der Waals surface area contributed by atoms with Crippen LogP contribution in [0.1, 0.15) is 29.1 Å². The fourth-order valence-electron chi connectivity index (χ4n) is 4.64. The van der Waals surface area contributed by atoms with Crippen LogP contribution in [0.4, 0.5) is 19.0 Å². The van der Waals surface area contributed by atoms with Crippen molar-refractivity contribution in [1.82, 2.24) is 10.3 Å². The van der Waals surface area contributed by atoms with Gasteiger partial charge in [0.15, 0.2) is 5.76 Å². The maximum absolute atomic E-state index is 13.0. The Balaban J connectivity index is 1.26. The Morgan fingerprint density at radius 1 is 1.13 bits per heavy atom. The van der Waals surface area contributed by atoms with E-state index in [0.717, 1.165) is 23.8 Å². The lowest BCUT2D eigenvalue weighted by molar-refractivity contribution is -0.141. The number of hydrogen-bond donors (Lipinski definition) is 1. The van der Waals surface area contributed by atoms with E-state index >= 15 is 0 Å². The summed E-state index contributed by atoms with van der Waals surface area (Å²) in [5.41, 5.74) is -0.883. The number of anilines is 1. The van der Waals surface area contributed by atoms with E-state index in [4.69, 9.17) is 4.42 Å². The molecular weight excluding hydrogens is 427 g/mol. The van der Waals surface area contributed by atoms with Crippen LogP contribution in [0.3, 0.4) is 0 Å². The van der Waals surface area contributed by atoms with E-state index in [1.165, 1.54) is 17.4 Å². The van der Waals surface area contributed by atoms with Gasteiger partial charge in [-0.2, -0.15) is 13.2 Å². The normalized spacial score (nSPS) is 23.2. The van der Waals surface area contributed by atoms with Crippen molar-refractivity contribution < 1.29 is 22.4 Å². The minimum Gasteiger partial charge on any atom is -0.450 e. The number of rotatable bonds is 4. The van der Waals surface area contributed by atoms with Crippen molar-refractivity contribution >= 4 is 23.1 Å². The van der Waals surface area contributed by atoms with Crippen LogP contribution >= 0.6 is 11.3 Å². The van der Waals surface area contributed by atoms with Gasteiger partial charge >= 0.3 is 6.18 Å². The van der Waals surface area contributed by atoms with Crippen molar-refractivity contribution in [3.05, 3.63) is 59.3 Å². The molecule has 1 aliphatic heterocycles. The summed E-state index contributed by atoms with van der Waals surface area (Å²) in [6, 6.07) is 11.3. The van der Waals surface area contributed by atoms with Crippen molar-refractivity contribution in [3.8, 4) is 10.6 Å². The fraction of sp³-hybridized carbons (Fsp3) is 0.364. The molecule has 0 spiro atoms. The molecule has 5 nitrogen and oxygen atoms in total. The average Bonchev–Trinajstić information content (AvgIpc) is 3.51. The number of aromatic nitrogens is 1. The van der Waals surface area contributed by atoms with Crippen LogP contribution < -0.4 is 10.2 Å². The second-order valence-electron chi connectivity index (χ2n) is 8.01. The first-order valence-corrected chi connectivity index (χ1v) is 11.0. The van der Waals surface area contributed by atoms with E-state index in [2.05, 4.69) is 10.3 Å². The summed E-state index contributed by atoms with van der Waals surface area (Å²) in [6.07, 6.45) is -2.69. The first-order valence-electron chi connectivity index (χ1n) is 10.1.